The van der Waals surface area contributed by atoms with E-state index in [1.54, 1.807) is 12.4 Å². The van der Waals surface area contributed by atoms with Gasteiger partial charge in [0.15, 0.2) is 0 Å². The van der Waals surface area contributed by atoms with Crippen molar-refractivity contribution < 1.29 is 9.59 Å². The molecule has 31 heavy (non-hydrogen) atoms. The molecule has 1 aliphatic heterocycles. The van der Waals surface area contributed by atoms with Gasteiger partial charge in [-0.05, 0) is 67.9 Å². The third-order valence-electron chi connectivity index (χ3n) is 6.90. The molecule has 4 rings (SSSR count). The Morgan fingerprint density at radius 3 is 2.61 bits per heavy atom. The van der Waals surface area contributed by atoms with Crippen molar-refractivity contribution in [1.82, 2.24) is 15.2 Å². The second-order valence-electron chi connectivity index (χ2n) is 9.10. The molecule has 1 aromatic carbocycles. The van der Waals surface area contributed by atoms with Gasteiger partial charge in [-0.2, -0.15) is 0 Å². The Kier molecular flexibility index (Phi) is 6.69. The van der Waals surface area contributed by atoms with E-state index < -0.39 is 5.41 Å². The Balaban J connectivity index is 1.59. The predicted molar refractivity (Wildman–Crippen MR) is 122 cm³/mol. The number of rotatable bonds is 6. The van der Waals surface area contributed by atoms with Gasteiger partial charge in [-0.25, -0.2) is 0 Å². The molecule has 0 unspecified atom stereocenters. The molecule has 2 aromatic rings. The molecular weight excluding hydrogens is 386 g/mol. The van der Waals surface area contributed by atoms with Gasteiger partial charge in [-0.15, -0.1) is 0 Å². The van der Waals surface area contributed by atoms with E-state index in [1.165, 1.54) is 0 Å². The number of pyridine rings is 1. The zero-order chi connectivity index (χ0) is 21.7. The zero-order valence-corrected chi connectivity index (χ0v) is 18.5. The first-order valence-corrected chi connectivity index (χ1v) is 11.7. The lowest BCUT2D eigenvalue weighted by Gasteiger charge is -2.42. The number of nitrogens with one attached hydrogen (secondary N) is 1. The van der Waals surface area contributed by atoms with Crippen LogP contribution in [0.3, 0.4) is 0 Å². The van der Waals surface area contributed by atoms with Gasteiger partial charge in [0.1, 0.15) is 0 Å². The lowest BCUT2D eigenvalue weighted by molar-refractivity contribution is -0.144. The molecule has 0 spiro atoms. The summed E-state index contributed by atoms with van der Waals surface area (Å²) in [5.41, 5.74) is 2.81. The highest BCUT2D eigenvalue weighted by molar-refractivity contribution is 5.85. The summed E-state index contributed by atoms with van der Waals surface area (Å²) in [6.45, 7) is 3.86. The van der Waals surface area contributed by atoms with Gasteiger partial charge in [-0.3, -0.25) is 14.6 Å². The van der Waals surface area contributed by atoms with Gasteiger partial charge < -0.3 is 10.2 Å². The van der Waals surface area contributed by atoms with E-state index in [2.05, 4.69) is 34.6 Å². The van der Waals surface area contributed by atoms with Crippen molar-refractivity contribution >= 4 is 11.8 Å². The third-order valence-corrected chi connectivity index (χ3v) is 6.90. The SMILES string of the molecule is CCNC(=O)[C@]1(Cc2cccc(-c3ccncc3)c2)CCCN(C(=O)C2CCCC2)C1. The average molecular weight is 420 g/mol. The van der Waals surface area contributed by atoms with Gasteiger partial charge in [-0.1, -0.05) is 37.1 Å². The van der Waals surface area contributed by atoms with Crippen molar-refractivity contribution in [3.8, 4) is 11.1 Å². The molecule has 2 fully saturated rings. The Morgan fingerprint density at radius 2 is 1.87 bits per heavy atom. The fraction of sp³-hybridized carbons (Fsp3) is 0.500. The van der Waals surface area contributed by atoms with E-state index in [0.717, 1.165) is 61.8 Å². The minimum atomic E-state index is -0.570. The number of piperidine rings is 1. The number of likely N-dealkylation sites (tertiary alicyclic amines) is 1. The van der Waals surface area contributed by atoms with E-state index in [0.29, 0.717) is 19.5 Å². The Bertz CT molecular complexity index is 908. The summed E-state index contributed by atoms with van der Waals surface area (Å²) in [7, 11) is 0. The molecule has 1 saturated carbocycles. The second-order valence-corrected chi connectivity index (χ2v) is 9.10. The average Bonchev–Trinajstić information content (AvgIpc) is 3.35. The predicted octanol–water partition coefficient (Wildman–Crippen LogP) is 4.23. The monoisotopic (exact) mass is 419 g/mol. The van der Waals surface area contributed by atoms with E-state index in [1.807, 2.05) is 24.0 Å². The first-order chi connectivity index (χ1) is 15.1. The number of hydrogen-bond donors (Lipinski definition) is 1. The van der Waals surface area contributed by atoms with Gasteiger partial charge in [0.25, 0.3) is 0 Å². The van der Waals surface area contributed by atoms with Crippen molar-refractivity contribution in [3.05, 3.63) is 54.4 Å². The second kappa shape index (κ2) is 9.63. The molecule has 0 bridgehead atoms. The molecule has 164 valence electrons. The number of nitrogens with zero attached hydrogens (tertiary/aromatic N) is 2. The van der Waals surface area contributed by atoms with E-state index in [9.17, 15) is 9.59 Å². The number of hydrogen-bond acceptors (Lipinski definition) is 3. The van der Waals surface area contributed by atoms with Crippen LogP contribution in [0.5, 0.6) is 0 Å². The maximum atomic E-state index is 13.3. The van der Waals surface area contributed by atoms with Crippen molar-refractivity contribution in [2.24, 2.45) is 11.3 Å². The fourth-order valence-electron chi connectivity index (χ4n) is 5.30. The molecule has 1 aromatic heterocycles. The van der Waals surface area contributed by atoms with Crippen molar-refractivity contribution in [1.29, 1.82) is 0 Å². The molecule has 5 heteroatoms. The maximum absolute atomic E-state index is 13.3. The summed E-state index contributed by atoms with van der Waals surface area (Å²) in [6.07, 6.45) is 10.2. The molecule has 2 amide bonds. The minimum absolute atomic E-state index is 0.0771. The molecule has 1 atom stereocenters. The normalized spacial score (nSPS) is 21.8. The van der Waals surface area contributed by atoms with Crippen LogP contribution in [-0.2, 0) is 16.0 Å². The summed E-state index contributed by atoms with van der Waals surface area (Å²) in [5, 5.41) is 3.07. The van der Waals surface area contributed by atoms with Crippen LogP contribution in [0.2, 0.25) is 0 Å². The molecule has 1 aliphatic carbocycles. The summed E-state index contributed by atoms with van der Waals surface area (Å²) in [5.74, 6) is 0.490. The van der Waals surface area contributed by atoms with Crippen LogP contribution in [0.4, 0.5) is 0 Å². The standard InChI is InChI=1S/C26H33N3O2/c1-2-28-25(31)26(13-6-16-29(19-26)24(30)22-8-3-4-9-22)18-20-7-5-10-23(17-20)21-11-14-27-15-12-21/h5,7,10-12,14-15,17,22H,2-4,6,8-9,13,16,18-19H2,1H3,(H,28,31)/t26-/m0/s1. The van der Waals surface area contributed by atoms with Crippen LogP contribution < -0.4 is 5.32 Å². The van der Waals surface area contributed by atoms with Gasteiger partial charge in [0, 0.05) is 37.9 Å². The Hall–Kier alpha value is -2.69. The molecule has 1 N–H and O–H groups in total. The molecular formula is C26H33N3O2. The van der Waals surface area contributed by atoms with Crippen LogP contribution in [0.1, 0.15) is 51.0 Å². The van der Waals surface area contributed by atoms with Crippen LogP contribution in [0.15, 0.2) is 48.8 Å². The lowest BCUT2D eigenvalue weighted by Crippen LogP contribution is -2.55. The van der Waals surface area contributed by atoms with Crippen molar-refractivity contribution in [3.63, 3.8) is 0 Å². The van der Waals surface area contributed by atoms with E-state index in [4.69, 9.17) is 0 Å². The number of aromatic nitrogens is 1. The zero-order valence-electron chi connectivity index (χ0n) is 18.5. The smallest absolute Gasteiger partial charge is 0.228 e. The first-order valence-electron chi connectivity index (χ1n) is 11.7. The first kappa shape index (κ1) is 21.5. The van der Waals surface area contributed by atoms with Gasteiger partial charge in [0.2, 0.25) is 11.8 Å². The molecule has 2 heterocycles. The summed E-state index contributed by atoms with van der Waals surface area (Å²) in [4.78, 5) is 32.6. The highest BCUT2D eigenvalue weighted by Gasteiger charge is 2.44. The number of benzene rings is 1. The molecule has 0 radical (unpaired) electrons. The number of carbonyl (C=O) groups is 2. The largest absolute Gasteiger partial charge is 0.356 e. The lowest BCUT2D eigenvalue weighted by atomic mass is 9.73. The van der Waals surface area contributed by atoms with Crippen molar-refractivity contribution in [2.75, 3.05) is 19.6 Å². The van der Waals surface area contributed by atoms with Crippen molar-refractivity contribution in [2.45, 2.75) is 51.9 Å². The molecule has 1 saturated heterocycles. The fourth-order valence-corrected chi connectivity index (χ4v) is 5.30. The van der Waals surface area contributed by atoms with E-state index >= 15 is 0 Å². The Morgan fingerprint density at radius 1 is 1.10 bits per heavy atom. The number of amides is 2. The third kappa shape index (κ3) is 4.81. The topological polar surface area (TPSA) is 62.3 Å². The maximum Gasteiger partial charge on any atom is 0.228 e. The summed E-state index contributed by atoms with van der Waals surface area (Å²) < 4.78 is 0. The van der Waals surface area contributed by atoms with Crippen LogP contribution >= 0.6 is 0 Å². The molecule has 2 aliphatic rings. The number of carbonyl (C=O) groups excluding carboxylic acids is 2. The summed E-state index contributed by atoms with van der Waals surface area (Å²) in [6, 6.07) is 12.4. The highest BCUT2D eigenvalue weighted by atomic mass is 16.2. The van der Waals surface area contributed by atoms with Gasteiger partial charge in [0.05, 0.1) is 5.41 Å². The van der Waals surface area contributed by atoms with Crippen LogP contribution in [0.25, 0.3) is 11.1 Å². The minimum Gasteiger partial charge on any atom is -0.356 e. The Labute approximate surface area is 185 Å². The quantitative estimate of drug-likeness (QED) is 0.762. The van der Waals surface area contributed by atoms with E-state index in [-0.39, 0.29) is 17.7 Å². The molecule has 5 nitrogen and oxygen atoms in total. The van der Waals surface area contributed by atoms with Crippen LogP contribution in [-0.4, -0.2) is 41.3 Å². The summed E-state index contributed by atoms with van der Waals surface area (Å²) >= 11 is 0. The highest BCUT2D eigenvalue weighted by Crippen LogP contribution is 2.37. The van der Waals surface area contributed by atoms with Crippen LogP contribution in [0, 0.1) is 11.3 Å². The van der Waals surface area contributed by atoms with Gasteiger partial charge >= 0.3 is 0 Å².